The summed E-state index contributed by atoms with van der Waals surface area (Å²) in [6, 6.07) is 0. The molecule has 0 saturated heterocycles. The summed E-state index contributed by atoms with van der Waals surface area (Å²) in [4.78, 5) is 23.6. The first-order valence-corrected chi connectivity index (χ1v) is 13.8. The van der Waals surface area contributed by atoms with Gasteiger partial charge < -0.3 is 24.4 Å². The number of carbonyl (C=O) groups is 2. The number of fused-ring (bicyclic) bond motifs is 5. The molecule has 0 radical (unpaired) electrons. The fraction of sp³-hybridized carbons (Fsp3) is 0.929. The molecule has 0 aliphatic heterocycles. The summed E-state index contributed by atoms with van der Waals surface area (Å²) in [5, 5.41) is 23.2. The van der Waals surface area contributed by atoms with Crippen LogP contribution in [0.25, 0.3) is 0 Å². The minimum atomic E-state index is -0.600. The number of esters is 1. The summed E-state index contributed by atoms with van der Waals surface area (Å²) in [5.74, 6) is 1.46. The SMILES string of the molecule is CCOC(=O)O[C@H]1CC[C@@]2(C)[C@H](C1)C[C@H](O)[C@@H]1[C@@H]2C[C@H](O)[C@]2(C)[C@@H]([C@@H](C)CCC(=O)OC)CC[C@@H]12. The zero-order valence-corrected chi connectivity index (χ0v) is 22.2. The van der Waals surface area contributed by atoms with Crippen LogP contribution in [0.4, 0.5) is 4.79 Å². The zero-order valence-electron chi connectivity index (χ0n) is 22.2. The van der Waals surface area contributed by atoms with Gasteiger partial charge in [-0.05, 0) is 105 Å². The average molecular weight is 495 g/mol. The van der Waals surface area contributed by atoms with E-state index in [2.05, 4.69) is 20.8 Å². The van der Waals surface area contributed by atoms with Crippen LogP contribution in [0.15, 0.2) is 0 Å². The predicted molar refractivity (Wildman–Crippen MR) is 130 cm³/mol. The molecule has 2 N–H and O–H groups in total. The van der Waals surface area contributed by atoms with Gasteiger partial charge in [-0.1, -0.05) is 20.8 Å². The number of hydrogen-bond donors (Lipinski definition) is 2. The lowest BCUT2D eigenvalue weighted by Gasteiger charge is -2.63. The molecule has 35 heavy (non-hydrogen) atoms. The van der Waals surface area contributed by atoms with Crippen LogP contribution < -0.4 is 0 Å². The van der Waals surface area contributed by atoms with E-state index in [4.69, 9.17) is 14.2 Å². The highest BCUT2D eigenvalue weighted by Gasteiger charge is 2.65. The largest absolute Gasteiger partial charge is 0.508 e. The van der Waals surface area contributed by atoms with Crippen LogP contribution in [-0.4, -0.2) is 54.4 Å². The second-order valence-electron chi connectivity index (χ2n) is 12.4. The molecule has 0 bridgehead atoms. The molecule has 4 saturated carbocycles. The molecule has 4 aliphatic rings. The molecule has 0 heterocycles. The fourth-order valence-corrected chi connectivity index (χ4v) is 9.16. The number of ether oxygens (including phenoxy) is 3. The van der Waals surface area contributed by atoms with Gasteiger partial charge in [-0.3, -0.25) is 4.79 Å². The van der Waals surface area contributed by atoms with Crippen LogP contribution in [0, 0.1) is 46.3 Å². The molecule has 0 unspecified atom stereocenters. The van der Waals surface area contributed by atoms with Crippen LogP contribution >= 0.6 is 0 Å². The predicted octanol–water partition coefficient (Wildman–Crippen LogP) is 4.72. The fourth-order valence-electron chi connectivity index (χ4n) is 9.16. The third-order valence-corrected chi connectivity index (χ3v) is 11.1. The molecular formula is C28H46O7. The smallest absolute Gasteiger partial charge is 0.469 e. The van der Waals surface area contributed by atoms with Crippen molar-refractivity contribution in [1.82, 2.24) is 0 Å². The third-order valence-electron chi connectivity index (χ3n) is 11.1. The summed E-state index contributed by atoms with van der Waals surface area (Å²) in [6.07, 6.45) is 5.58. The van der Waals surface area contributed by atoms with Gasteiger partial charge in [-0.25, -0.2) is 4.79 Å². The molecule has 0 aromatic rings. The number of methoxy groups -OCH3 is 1. The highest BCUT2D eigenvalue weighted by molar-refractivity contribution is 5.69. The van der Waals surface area contributed by atoms with Gasteiger partial charge in [0.15, 0.2) is 0 Å². The van der Waals surface area contributed by atoms with Gasteiger partial charge >= 0.3 is 12.1 Å². The van der Waals surface area contributed by atoms with E-state index >= 15 is 0 Å². The number of hydrogen-bond acceptors (Lipinski definition) is 7. The topological polar surface area (TPSA) is 102 Å². The van der Waals surface area contributed by atoms with Gasteiger partial charge in [0.1, 0.15) is 6.10 Å². The lowest BCUT2D eigenvalue weighted by atomic mass is 9.43. The monoisotopic (exact) mass is 494 g/mol. The number of carbonyl (C=O) groups excluding carboxylic acids is 2. The van der Waals surface area contributed by atoms with E-state index < -0.39 is 18.4 Å². The number of rotatable bonds is 6. The Morgan fingerprint density at radius 1 is 1.06 bits per heavy atom. The maximum absolute atomic E-state index is 11.9. The quantitative estimate of drug-likeness (QED) is 0.515. The molecule has 4 rings (SSSR count). The second-order valence-corrected chi connectivity index (χ2v) is 12.4. The number of aliphatic hydroxyl groups is 2. The van der Waals surface area contributed by atoms with Crippen molar-refractivity contribution >= 4 is 12.1 Å². The molecular weight excluding hydrogens is 448 g/mol. The summed E-state index contributed by atoms with van der Waals surface area (Å²) < 4.78 is 15.4. The molecule has 0 spiro atoms. The first-order valence-electron chi connectivity index (χ1n) is 13.8. The summed E-state index contributed by atoms with van der Waals surface area (Å²) in [5.41, 5.74) is -0.222. The maximum Gasteiger partial charge on any atom is 0.508 e. The third kappa shape index (κ3) is 4.60. The minimum absolute atomic E-state index is 0.0231. The van der Waals surface area contributed by atoms with Crippen LogP contribution in [0.3, 0.4) is 0 Å². The molecule has 4 aliphatic carbocycles. The van der Waals surface area contributed by atoms with Crippen molar-refractivity contribution in [3.05, 3.63) is 0 Å². The Balaban J connectivity index is 1.50. The standard InChI is InChI=1S/C28H46O7/c1-6-34-26(32)35-18-11-12-27(3)17(13-18)14-22(29)25-20-9-8-19(16(2)7-10-24(31)33-5)28(20,4)23(30)15-21(25)27/h16-23,25,29-30H,6-15H2,1-5H3/t16-,17+,18-,19+,20-,21-,22-,23-,25-,27-,28+/m0/s1. The van der Waals surface area contributed by atoms with E-state index in [-0.39, 0.29) is 46.6 Å². The summed E-state index contributed by atoms with van der Waals surface area (Å²) in [6.45, 7) is 8.88. The van der Waals surface area contributed by atoms with Crippen molar-refractivity contribution in [2.45, 2.75) is 104 Å². The molecule has 7 nitrogen and oxygen atoms in total. The highest BCUT2D eigenvalue weighted by atomic mass is 16.7. The number of aliphatic hydroxyl groups excluding tert-OH is 2. The molecule has 0 aromatic heterocycles. The molecule has 0 amide bonds. The van der Waals surface area contributed by atoms with Gasteiger partial charge in [0.25, 0.3) is 0 Å². The van der Waals surface area contributed by atoms with Gasteiger partial charge in [0, 0.05) is 6.42 Å². The molecule has 7 heteroatoms. The lowest BCUT2D eigenvalue weighted by molar-refractivity contribution is -0.207. The van der Waals surface area contributed by atoms with E-state index in [1.165, 1.54) is 7.11 Å². The minimum Gasteiger partial charge on any atom is -0.469 e. The van der Waals surface area contributed by atoms with E-state index in [0.717, 1.165) is 44.9 Å². The Bertz CT molecular complexity index is 785. The van der Waals surface area contributed by atoms with Gasteiger partial charge in [0.2, 0.25) is 0 Å². The Labute approximate surface area is 210 Å². The molecule has 0 aromatic carbocycles. The van der Waals surface area contributed by atoms with Crippen molar-refractivity contribution < 1.29 is 34.0 Å². The average Bonchev–Trinajstić information content (AvgIpc) is 3.17. The maximum atomic E-state index is 11.9. The van der Waals surface area contributed by atoms with Crippen LogP contribution in [-0.2, 0) is 19.0 Å². The first-order chi connectivity index (χ1) is 16.6. The Kier molecular flexibility index (Phi) is 7.78. The van der Waals surface area contributed by atoms with Crippen molar-refractivity contribution in [2.75, 3.05) is 13.7 Å². The van der Waals surface area contributed by atoms with Crippen molar-refractivity contribution in [3.8, 4) is 0 Å². The van der Waals surface area contributed by atoms with Crippen LogP contribution in [0.1, 0.15) is 85.5 Å². The molecule has 200 valence electrons. The van der Waals surface area contributed by atoms with Crippen molar-refractivity contribution in [1.29, 1.82) is 0 Å². The van der Waals surface area contributed by atoms with E-state index in [1.807, 2.05) is 0 Å². The van der Waals surface area contributed by atoms with E-state index in [1.54, 1.807) is 6.92 Å². The zero-order chi connectivity index (χ0) is 25.5. The van der Waals surface area contributed by atoms with Crippen LogP contribution in [0.2, 0.25) is 0 Å². The Morgan fingerprint density at radius 2 is 1.80 bits per heavy atom. The van der Waals surface area contributed by atoms with E-state index in [9.17, 15) is 19.8 Å². The highest BCUT2D eigenvalue weighted by Crippen LogP contribution is 2.68. The van der Waals surface area contributed by atoms with Gasteiger partial charge in [0.05, 0.1) is 25.9 Å². The van der Waals surface area contributed by atoms with Gasteiger partial charge in [-0.2, -0.15) is 0 Å². The molecule has 11 atom stereocenters. The molecule has 4 fully saturated rings. The van der Waals surface area contributed by atoms with Gasteiger partial charge in [-0.15, -0.1) is 0 Å². The lowest BCUT2D eigenvalue weighted by Crippen LogP contribution is -2.62. The normalized spacial score (nSPS) is 45.5. The van der Waals surface area contributed by atoms with Crippen molar-refractivity contribution in [2.24, 2.45) is 46.3 Å². The summed E-state index contributed by atoms with van der Waals surface area (Å²) in [7, 11) is 1.43. The first kappa shape index (κ1) is 26.7. The van der Waals surface area contributed by atoms with Crippen molar-refractivity contribution in [3.63, 3.8) is 0 Å². The summed E-state index contributed by atoms with van der Waals surface area (Å²) >= 11 is 0. The van der Waals surface area contributed by atoms with Crippen LogP contribution in [0.5, 0.6) is 0 Å². The second kappa shape index (κ2) is 10.2. The van der Waals surface area contributed by atoms with E-state index in [0.29, 0.717) is 31.3 Å². The Hall–Kier alpha value is -1.34. The Morgan fingerprint density at radius 3 is 2.49 bits per heavy atom.